The predicted molar refractivity (Wildman–Crippen MR) is 40.2 cm³/mol. The molecule has 0 saturated carbocycles. The van der Waals surface area contributed by atoms with Crippen LogP contribution in [0.5, 0.6) is 0 Å². The van der Waals surface area contributed by atoms with E-state index in [4.69, 9.17) is 25.4 Å². The smallest absolute Gasteiger partial charge is 0.402 e. The first kappa shape index (κ1) is 12.5. The Hall–Kier alpha value is -0.505. The number of hydrogen-bond donors (Lipinski definition) is 5. The Morgan fingerprint density at radius 1 is 1.38 bits per heavy atom. The minimum atomic E-state index is -2.23. The summed E-state index contributed by atoms with van der Waals surface area (Å²) in [5.41, 5.74) is 0. The molecular weight excluding hydrogens is 183 g/mol. The molecule has 7 nitrogen and oxygen atoms in total. The Morgan fingerprint density at radius 3 is 2.23 bits per heavy atom. The van der Waals surface area contributed by atoms with Gasteiger partial charge >= 0.3 is 7.32 Å². The van der Waals surface area contributed by atoms with E-state index < -0.39 is 32.2 Å². The second-order valence-electron chi connectivity index (χ2n) is 2.30. The van der Waals surface area contributed by atoms with Crippen LogP contribution in [0.3, 0.4) is 0 Å². The highest BCUT2D eigenvalue weighted by Crippen LogP contribution is 2.02. The van der Waals surface area contributed by atoms with Crippen molar-refractivity contribution in [1.82, 2.24) is 0 Å². The first-order chi connectivity index (χ1) is 6.02. The third-order valence-electron chi connectivity index (χ3n) is 1.33. The van der Waals surface area contributed by atoms with Gasteiger partial charge in [0.1, 0.15) is 24.6 Å². The third-order valence-corrected chi connectivity index (χ3v) is 1.33. The van der Waals surface area contributed by atoms with E-state index in [2.05, 4.69) is 4.65 Å². The fourth-order valence-corrected chi connectivity index (χ4v) is 0.661. The number of aliphatic hydroxyl groups is 3. The van der Waals surface area contributed by atoms with Crippen LogP contribution in [0, 0.1) is 0 Å². The van der Waals surface area contributed by atoms with E-state index in [1.807, 2.05) is 0 Å². The molecule has 0 aliphatic heterocycles. The number of aliphatic hydroxyl groups excluding tert-OH is 3. The Bertz CT molecular complexity index is 152. The Morgan fingerprint density at radius 2 is 1.92 bits per heavy atom. The van der Waals surface area contributed by atoms with E-state index in [-0.39, 0.29) is 6.29 Å². The van der Waals surface area contributed by atoms with Crippen LogP contribution >= 0.6 is 0 Å². The second-order valence-corrected chi connectivity index (χ2v) is 2.30. The normalized spacial score (nSPS) is 17.6. The summed E-state index contributed by atoms with van der Waals surface area (Å²) in [4.78, 5) is 10.2. The van der Waals surface area contributed by atoms with E-state index in [1.54, 1.807) is 0 Å². The van der Waals surface area contributed by atoms with Gasteiger partial charge in [-0.2, -0.15) is 0 Å². The summed E-state index contributed by atoms with van der Waals surface area (Å²) in [6.45, 7) is -0.767. The summed E-state index contributed by atoms with van der Waals surface area (Å²) in [6.07, 6.45) is -4.79. The van der Waals surface area contributed by atoms with E-state index >= 15 is 0 Å². The summed E-state index contributed by atoms with van der Waals surface area (Å²) in [5.74, 6) is 0. The Labute approximate surface area is 74.4 Å². The maximum Gasteiger partial charge on any atom is 0.634 e. The van der Waals surface area contributed by atoms with Gasteiger partial charge in [0, 0.05) is 0 Å². The molecule has 0 aromatic carbocycles. The molecule has 0 aromatic heterocycles. The van der Waals surface area contributed by atoms with Crippen LogP contribution in [-0.2, 0) is 9.45 Å². The summed E-state index contributed by atoms with van der Waals surface area (Å²) < 4.78 is 4.11. The molecule has 0 bridgehead atoms. The predicted octanol–water partition coefficient (Wildman–Crippen LogP) is -3.75. The maximum absolute atomic E-state index is 10.2. The van der Waals surface area contributed by atoms with Crippen molar-refractivity contribution >= 4 is 13.6 Å². The zero-order chi connectivity index (χ0) is 10.4. The quantitative estimate of drug-likeness (QED) is 0.217. The van der Waals surface area contributed by atoms with Gasteiger partial charge in [-0.25, -0.2) is 0 Å². The van der Waals surface area contributed by atoms with Crippen LogP contribution in [0.1, 0.15) is 0 Å². The lowest BCUT2D eigenvalue weighted by Crippen LogP contribution is -2.44. The lowest BCUT2D eigenvalue weighted by molar-refractivity contribution is -0.128. The summed E-state index contributed by atoms with van der Waals surface area (Å²) in [7, 11) is -2.23. The van der Waals surface area contributed by atoms with Crippen molar-refractivity contribution in [3.63, 3.8) is 0 Å². The van der Waals surface area contributed by atoms with Gasteiger partial charge in [-0.1, -0.05) is 0 Å². The van der Waals surface area contributed by atoms with Crippen LogP contribution in [0.4, 0.5) is 0 Å². The van der Waals surface area contributed by atoms with Crippen molar-refractivity contribution in [1.29, 1.82) is 0 Å². The molecule has 5 N–H and O–H groups in total. The van der Waals surface area contributed by atoms with E-state index in [9.17, 15) is 4.79 Å². The van der Waals surface area contributed by atoms with Crippen LogP contribution < -0.4 is 0 Å². The van der Waals surface area contributed by atoms with E-state index in [0.29, 0.717) is 0 Å². The van der Waals surface area contributed by atoms with Crippen LogP contribution in [0.25, 0.3) is 0 Å². The highest BCUT2D eigenvalue weighted by molar-refractivity contribution is 6.33. The molecule has 0 aliphatic rings. The highest BCUT2D eigenvalue weighted by atomic mass is 16.6. The van der Waals surface area contributed by atoms with E-state index in [0.717, 1.165) is 0 Å². The van der Waals surface area contributed by atoms with Gasteiger partial charge in [0.25, 0.3) is 0 Å². The average Bonchev–Trinajstić information content (AvgIpc) is 2.11. The van der Waals surface area contributed by atoms with Crippen molar-refractivity contribution in [3.8, 4) is 0 Å². The summed E-state index contributed by atoms with van der Waals surface area (Å²) in [6, 6.07) is 0. The zero-order valence-electron chi connectivity index (χ0n) is 6.65. The fraction of sp³-hybridized carbons (Fsp3) is 0.800. The molecule has 13 heavy (non-hydrogen) atoms. The molecule has 0 aromatic rings. The topological polar surface area (TPSA) is 127 Å². The minimum absolute atomic E-state index is 0.0863. The van der Waals surface area contributed by atoms with Gasteiger partial charge < -0.3 is 34.8 Å². The van der Waals surface area contributed by atoms with Gasteiger partial charge in [-0.3, -0.25) is 0 Å². The molecule has 0 radical (unpaired) electrons. The number of rotatable bonds is 6. The molecule has 0 saturated heterocycles. The van der Waals surface area contributed by atoms with Crippen molar-refractivity contribution in [3.05, 3.63) is 0 Å². The summed E-state index contributed by atoms with van der Waals surface area (Å²) >= 11 is 0. The monoisotopic (exact) mass is 194 g/mol. The molecule has 0 spiro atoms. The number of aldehydes is 1. The molecule has 0 aliphatic carbocycles. The fourth-order valence-electron chi connectivity index (χ4n) is 0.661. The van der Waals surface area contributed by atoms with Crippen molar-refractivity contribution < 1.29 is 34.8 Å². The Kier molecular flexibility index (Phi) is 5.79. The maximum atomic E-state index is 10.2. The van der Waals surface area contributed by atoms with Crippen LogP contribution in [-0.4, -0.2) is 63.9 Å². The van der Waals surface area contributed by atoms with Gasteiger partial charge in [-0.05, 0) is 0 Å². The molecule has 76 valence electrons. The molecule has 0 rings (SSSR count). The van der Waals surface area contributed by atoms with Crippen LogP contribution in [0.2, 0.25) is 0 Å². The van der Waals surface area contributed by atoms with Crippen molar-refractivity contribution in [2.45, 2.75) is 18.3 Å². The lowest BCUT2D eigenvalue weighted by Gasteiger charge is -2.21. The largest absolute Gasteiger partial charge is 0.634 e. The molecule has 3 atom stereocenters. The van der Waals surface area contributed by atoms with Gasteiger partial charge in [0.2, 0.25) is 0 Å². The van der Waals surface area contributed by atoms with Gasteiger partial charge in [0.05, 0.1) is 6.61 Å². The average molecular weight is 194 g/mol. The third kappa shape index (κ3) is 4.32. The number of hydrogen-bond acceptors (Lipinski definition) is 7. The van der Waals surface area contributed by atoms with Crippen molar-refractivity contribution in [2.24, 2.45) is 0 Å². The standard InChI is InChI=1S/C5H11BO7/c7-1-3(9)5(10)4(2-8)13-6(11)12/h2-5,7,9-12H,1H2/t3-,4+,5-/m1/s1. The molecule has 8 heteroatoms. The molecular formula is C5H11BO7. The zero-order valence-corrected chi connectivity index (χ0v) is 6.65. The highest BCUT2D eigenvalue weighted by Gasteiger charge is 2.29. The molecule has 0 fully saturated rings. The first-order valence-corrected chi connectivity index (χ1v) is 3.46. The van der Waals surface area contributed by atoms with Crippen LogP contribution in [0.15, 0.2) is 0 Å². The van der Waals surface area contributed by atoms with E-state index in [1.165, 1.54) is 0 Å². The number of carbonyl (C=O) groups excluding carboxylic acids is 1. The first-order valence-electron chi connectivity index (χ1n) is 3.46. The second kappa shape index (κ2) is 6.03. The SMILES string of the molecule is O=C[C@H](OB(O)O)[C@H](O)[C@H](O)CO. The van der Waals surface area contributed by atoms with Crippen molar-refractivity contribution in [2.75, 3.05) is 6.61 Å². The van der Waals surface area contributed by atoms with Gasteiger partial charge in [-0.15, -0.1) is 0 Å². The molecule has 0 amide bonds. The number of carbonyl (C=O) groups is 1. The summed E-state index contributed by atoms with van der Waals surface area (Å²) in [5, 5.41) is 42.8. The minimum Gasteiger partial charge on any atom is -0.402 e. The lowest BCUT2D eigenvalue weighted by atomic mass is 10.1. The molecule has 0 unspecified atom stereocenters. The van der Waals surface area contributed by atoms with Gasteiger partial charge in [0.15, 0.2) is 0 Å². The molecule has 0 heterocycles. The Balaban J connectivity index is 4.13.